The molecule has 0 saturated carbocycles. The van der Waals surface area contributed by atoms with Crippen LogP contribution in [0.3, 0.4) is 0 Å². The van der Waals surface area contributed by atoms with Crippen LogP contribution in [0.4, 0.5) is 10.5 Å². The average molecular weight is 460 g/mol. The monoisotopic (exact) mass is 459 g/mol. The zero-order chi connectivity index (χ0) is 24.1. The summed E-state index contributed by atoms with van der Waals surface area (Å²) < 4.78 is 5.17. The van der Waals surface area contributed by atoms with Gasteiger partial charge in [0.05, 0.1) is 10.7 Å². The van der Waals surface area contributed by atoms with Crippen LogP contribution in [0.1, 0.15) is 43.5 Å². The molecule has 0 aliphatic carbocycles. The van der Waals surface area contributed by atoms with E-state index >= 15 is 0 Å². The van der Waals surface area contributed by atoms with Crippen molar-refractivity contribution in [3.05, 3.63) is 64.2 Å². The average Bonchev–Trinajstić information content (AvgIpc) is 2.68. The van der Waals surface area contributed by atoms with E-state index in [0.717, 1.165) is 11.1 Å². The first-order valence-corrected chi connectivity index (χ1v) is 10.6. The first-order chi connectivity index (χ1) is 14.9. The van der Waals surface area contributed by atoms with Gasteiger partial charge in [-0.2, -0.15) is 0 Å². The van der Waals surface area contributed by atoms with Gasteiger partial charge in [0.25, 0.3) is 5.91 Å². The Morgan fingerprint density at radius 1 is 1.09 bits per heavy atom. The Hall–Kier alpha value is -3.06. The molecule has 0 heterocycles. The highest BCUT2D eigenvalue weighted by molar-refractivity contribution is 6.34. The van der Waals surface area contributed by atoms with Crippen molar-refractivity contribution in [1.29, 1.82) is 0 Å². The van der Waals surface area contributed by atoms with Gasteiger partial charge in [-0.3, -0.25) is 9.59 Å². The standard InChI is InChI=1S/C24H30ClN3O4/c1-15-9-7-11-17(13-15)21(22(30)27-20-16(2)10-8-12-18(20)25)28(6)19(29)14-26-23(31)32-24(3,4)5/h7-13,21H,14H2,1-6H3,(H,26,31)(H,27,30). The summed E-state index contributed by atoms with van der Waals surface area (Å²) in [7, 11) is 1.52. The van der Waals surface area contributed by atoms with E-state index in [2.05, 4.69) is 10.6 Å². The molecule has 0 aliphatic heterocycles. The number of para-hydroxylation sites is 1. The summed E-state index contributed by atoms with van der Waals surface area (Å²) in [6.45, 7) is 8.62. The number of hydrogen-bond donors (Lipinski definition) is 2. The van der Waals surface area contributed by atoms with E-state index in [4.69, 9.17) is 16.3 Å². The second-order valence-corrected chi connectivity index (χ2v) is 9.00. The first-order valence-electron chi connectivity index (χ1n) is 10.2. The van der Waals surface area contributed by atoms with Gasteiger partial charge in [-0.1, -0.05) is 53.6 Å². The van der Waals surface area contributed by atoms with Crippen molar-refractivity contribution in [1.82, 2.24) is 10.2 Å². The molecule has 0 aliphatic rings. The lowest BCUT2D eigenvalue weighted by Gasteiger charge is -2.29. The zero-order valence-corrected chi connectivity index (χ0v) is 20.0. The van der Waals surface area contributed by atoms with Gasteiger partial charge in [-0.05, 0) is 51.8 Å². The van der Waals surface area contributed by atoms with Gasteiger partial charge in [0.2, 0.25) is 5.91 Å². The van der Waals surface area contributed by atoms with Gasteiger partial charge in [-0.25, -0.2) is 4.79 Å². The Kier molecular flexibility index (Phi) is 8.27. The fourth-order valence-corrected chi connectivity index (χ4v) is 3.37. The normalized spacial score (nSPS) is 12.0. The van der Waals surface area contributed by atoms with Crippen molar-refractivity contribution in [2.24, 2.45) is 0 Å². The number of benzene rings is 2. The molecule has 0 fully saturated rings. The third kappa shape index (κ3) is 6.99. The molecule has 0 aromatic heterocycles. The molecule has 1 unspecified atom stereocenters. The molecule has 8 heteroatoms. The molecule has 2 N–H and O–H groups in total. The second-order valence-electron chi connectivity index (χ2n) is 8.60. The second kappa shape index (κ2) is 10.5. The van der Waals surface area contributed by atoms with Crippen LogP contribution >= 0.6 is 11.6 Å². The fraction of sp³-hybridized carbons (Fsp3) is 0.375. The van der Waals surface area contributed by atoms with Gasteiger partial charge < -0.3 is 20.3 Å². The number of hydrogen-bond acceptors (Lipinski definition) is 4. The maximum absolute atomic E-state index is 13.3. The van der Waals surface area contributed by atoms with Gasteiger partial charge >= 0.3 is 6.09 Å². The van der Waals surface area contributed by atoms with Crippen molar-refractivity contribution < 1.29 is 19.1 Å². The molecular formula is C24H30ClN3O4. The highest BCUT2D eigenvalue weighted by Crippen LogP contribution is 2.28. The minimum atomic E-state index is -0.932. The van der Waals surface area contributed by atoms with Crippen LogP contribution in [0.25, 0.3) is 0 Å². The Labute approximate surface area is 194 Å². The summed E-state index contributed by atoms with van der Waals surface area (Å²) in [5, 5.41) is 5.70. The number of anilines is 1. The topological polar surface area (TPSA) is 87.7 Å². The van der Waals surface area contributed by atoms with Crippen LogP contribution < -0.4 is 10.6 Å². The SMILES string of the molecule is Cc1cccc(C(C(=O)Nc2c(C)cccc2Cl)N(C)C(=O)CNC(=O)OC(C)(C)C)c1. The molecule has 32 heavy (non-hydrogen) atoms. The van der Waals surface area contributed by atoms with Crippen LogP contribution in [-0.2, 0) is 14.3 Å². The summed E-state index contributed by atoms with van der Waals surface area (Å²) in [4.78, 5) is 39.4. The number of ether oxygens (including phenoxy) is 1. The lowest BCUT2D eigenvalue weighted by Crippen LogP contribution is -2.44. The number of rotatable bonds is 6. The van der Waals surface area contributed by atoms with E-state index in [1.165, 1.54) is 11.9 Å². The lowest BCUT2D eigenvalue weighted by atomic mass is 10.0. The summed E-state index contributed by atoms with van der Waals surface area (Å²) in [6.07, 6.45) is -0.706. The number of aryl methyl sites for hydroxylation is 2. The van der Waals surface area contributed by atoms with E-state index in [-0.39, 0.29) is 6.54 Å². The van der Waals surface area contributed by atoms with Crippen LogP contribution in [0.5, 0.6) is 0 Å². The number of nitrogens with zero attached hydrogens (tertiary/aromatic N) is 1. The van der Waals surface area contributed by atoms with Crippen molar-refractivity contribution in [2.75, 3.05) is 18.9 Å². The number of likely N-dealkylation sites (N-methyl/N-ethyl adjacent to an activating group) is 1. The molecule has 2 rings (SSSR count). The first kappa shape index (κ1) is 25.2. The summed E-state index contributed by atoms with van der Waals surface area (Å²) in [5.74, 6) is -0.867. The minimum Gasteiger partial charge on any atom is -0.444 e. The molecule has 3 amide bonds. The number of halogens is 1. The van der Waals surface area contributed by atoms with Crippen molar-refractivity contribution in [3.63, 3.8) is 0 Å². The Morgan fingerprint density at radius 2 is 1.75 bits per heavy atom. The summed E-state index contributed by atoms with van der Waals surface area (Å²) >= 11 is 6.27. The van der Waals surface area contributed by atoms with Crippen molar-refractivity contribution in [3.8, 4) is 0 Å². The predicted octanol–water partition coefficient (Wildman–Crippen LogP) is 4.62. The quantitative estimate of drug-likeness (QED) is 0.659. The molecule has 2 aromatic carbocycles. The molecule has 7 nitrogen and oxygen atoms in total. The number of carbonyl (C=O) groups excluding carboxylic acids is 3. The summed E-state index contributed by atoms with van der Waals surface area (Å²) in [5.41, 5.74) is 2.19. The molecule has 2 aromatic rings. The van der Waals surface area contributed by atoms with Crippen LogP contribution in [0, 0.1) is 13.8 Å². The lowest BCUT2D eigenvalue weighted by molar-refractivity contribution is -0.136. The molecule has 0 spiro atoms. The molecule has 1 atom stereocenters. The highest BCUT2D eigenvalue weighted by atomic mass is 35.5. The van der Waals surface area contributed by atoms with Gasteiger partial charge in [0, 0.05) is 7.05 Å². The van der Waals surface area contributed by atoms with E-state index in [1.54, 1.807) is 39.0 Å². The van der Waals surface area contributed by atoms with Crippen molar-refractivity contribution >= 4 is 35.2 Å². The smallest absolute Gasteiger partial charge is 0.408 e. The van der Waals surface area contributed by atoms with Crippen LogP contribution in [0.15, 0.2) is 42.5 Å². The third-order valence-corrected chi connectivity index (χ3v) is 4.95. The number of nitrogens with one attached hydrogen (secondary N) is 2. The van der Waals surface area contributed by atoms with E-state index in [1.807, 2.05) is 38.1 Å². The zero-order valence-electron chi connectivity index (χ0n) is 19.3. The van der Waals surface area contributed by atoms with Gasteiger partial charge in [0.15, 0.2) is 0 Å². The summed E-state index contributed by atoms with van der Waals surface area (Å²) in [6, 6.07) is 11.7. The molecular weight excluding hydrogens is 430 g/mol. The van der Waals surface area contributed by atoms with E-state index < -0.39 is 29.6 Å². The van der Waals surface area contributed by atoms with Crippen LogP contribution in [0.2, 0.25) is 5.02 Å². The number of amides is 3. The van der Waals surface area contributed by atoms with Gasteiger partial charge in [0.1, 0.15) is 18.2 Å². The minimum absolute atomic E-state index is 0.313. The Bertz CT molecular complexity index is 981. The van der Waals surface area contributed by atoms with E-state index in [9.17, 15) is 14.4 Å². The molecule has 0 bridgehead atoms. The van der Waals surface area contributed by atoms with Crippen LogP contribution in [-0.4, -0.2) is 42.0 Å². The third-order valence-electron chi connectivity index (χ3n) is 4.64. The number of alkyl carbamates (subject to hydrolysis) is 1. The maximum Gasteiger partial charge on any atom is 0.408 e. The molecule has 0 radical (unpaired) electrons. The van der Waals surface area contributed by atoms with Gasteiger partial charge in [-0.15, -0.1) is 0 Å². The maximum atomic E-state index is 13.3. The highest BCUT2D eigenvalue weighted by Gasteiger charge is 2.30. The number of carbonyl (C=O) groups is 3. The predicted molar refractivity (Wildman–Crippen MR) is 126 cm³/mol. The molecule has 172 valence electrons. The van der Waals surface area contributed by atoms with E-state index in [0.29, 0.717) is 16.3 Å². The Morgan fingerprint density at radius 3 is 2.34 bits per heavy atom. The molecule has 0 saturated heterocycles. The largest absolute Gasteiger partial charge is 0.444 e. The van der Waals surface area contributed by atoms with Crippen molar-refractivity contribution in [2.45, 2.75) is 46.3 Å². The fourth-order valence-electron chi connectivity index (χ4n) is 3.10. The Balaban J connectivity index is 2.26.